The Morgan fingerprint density at radius 2 is 1.48 bits per heavy atom. The van der Waals surface area contributed by atoms with Gasteiger partial charge >= 0.3 is 0 Å². The maximum Gasteiger partial charge on any atom is 0.291 e. The van der Waals surface area contributed by atoms with E-state index < -0.39 is 5.91 Å². The molecule has 4 aromatic rings. The lowest BCUT2D eigenvalue weighted by molar-refractivity contribution is 0.0925. The standard InChI is InChI=1S/C23H14N2O4/c26-21(20-12-14-6-1-4-11-19(14)29-20)24-15-7-5-8-16(13-15)25-22(27)17-9-2-3-10-18(17)23(25)28/h1-13H,(H,24,26). The van der Waals surface area contributed by atoms with E-state index in [0.29, 0.717) is 28.1 Å². The molecular formula is C23H14N2O4. The van der Waals surface area contributed by atoms with Crippen LogP contribution in [0.3, 0.4) is 0 Å². The maximum absolute atomic E-state index is 12.7. The number of hydrogen-bond donors (Lipinski definition) is 1. The number of rotatable bonds is 3. The summed E-state index contributed by atoms with van der Waals surface area (Å²) in [6.45, 7) is 0. The molecule has 0 atom stereocenters. The van der Waals surface area contributed by atoms with Gasteiger partial charge in [0.1, 0.15) is 5.58 Å². The van der Waals surface area contributed by atoms with Crippen LogP contribution in [0.2, 0.25) is 0 Å². The van der Waals surface area contributed by atoms with Crippen LogP contribution in [-0.2, 0) is 0 Å². The number of imide groups is 1. The zero-order valence-corrected chi connectivity index (χ0v) is 15.1. The van der Waals surface area contributed by atoms with Crippen LogP contribution in [0.5, 0.6) is 0 Å². The molecule has 0 unspecified atom stereocenters. The van der Waals surface area contributed by atoms with Crippen LogP contribution < -0.4 is 10.2 Å². The fourth-order valence-corrected chi connectivity index (χ4v) is 3.43. The predicted molar refractivity (Wildman–Crippen MR) is 108 cm³/mol. The van der Waals surface area contributed by atoms with Crippen molar-refractivity contribution in [1.29, 1.82) is 0 Å². The van der Waals surface area contributed by atoms with Gasteiger partial charge in [-0.1, -0.05) is 36.4 Å². The zero-order valence-electron chi connectivity index (χ0n) is 15.1. The Hall–Kier alpha value is -4.19. The minimum absolute atomic E-state index is 0.178. The lowest BCUT2D eigenvalue weighted by atomic mass is 10.1. The van der Waals surface area contributed by atoms with Gasteiger partial charge in [-0.2, -0.15) is 0 Å². The van der Waals surface area contributed by atoms with Gasteiger partial charge in [0, 0.05) is 11.1 Å². The van der Waals surface area contributed by atoms with Crippen molar-refractivity contribution in [2.75, 3.05) is 10.2 Å². The van der Waals surface area contributed by atoms with E-state index in [9.17, 15) is 14.4 Å². The molecule has 0 bridgehead atoms. The van der Waals surface area contributed by atoms with Gasteiger partial charge in [0.25, 0.3) is 17.7 Å². The number of fused-ring (bicyclic) bond motifs is 2. The third kappa shape index (κ3) is 2.78. The largest absolute Gasteiger partial charge is 0.451 e. The molecule has 0 saturated heterocycles. The van der Waals surface area contributed by atoms with Crippen molar-refractivity contribution in [2.24, 2.45) is 0 Å². The van der Waals surface area contributed by atoms with E-state index in [4.69, 9.17) is 4.42 Å². The summed E-state index contributed by atoms with van der Waals surface area (Å²) in [5.74, 6) is -1.00. The topological polar surface area (TPSA) is 79.6 Å². The van der Waals surface area contributed by atoms with E-state index in [1.165, 1.54) is 0 Å². The number of carbonyl (C=O) groups is 3. The van der Waals surface area contributed by atoms with Crippen LogP contribution in [0, 0.1) is 0 Å². The summed E-state index contributed by atoms with van der Waals surface area (Å²) in [4.78, 5) is 39.0. The molecule has 0 aliphatic carbocycles. The summed E-state index contributed by atoms with van der Waals surface area (Å²) in [6, 6.07) is 22.3. The molecule has 1 aliphatic heterocycles. The number of para-hydroxylation sites is 1. The summed E-state index contributed by atoms with van der Waals surface area (Å²) < 4.78 is 5.58. The Labute approximate surface area is 165 Å². The molecule has 3 aromatic carbocycles. The van der Waals surface area contributed by atoms with Crippen molar-refractivity contribution in [1.82, 2.24) is 0 Å². The first-order chi connectivity index (χ1) is 14.1. The van der Waals surface area contributed by atoms with Gasteiger partial charge in [-0.05, 0) is 42.5 Å². The van der Waals surface area contributed by atoms with E-state index in [2.05, 4.69) is 5.32 Å². The van der Waals surface area contributed by atoms with Crippen molar-refractivity contribution >= 4 is 40.1 Å². The third-order valence-corrected chi connectivity index (χ3v) is 4.81. The summed E-state index contributed by atoms with van der Waals surface area (Å²) in [5, 5.41) is 3.58. The van der Waals surface area contributed by atoms with Gasteiger partial charge in [0.15, 0.2) is 5.76 Å². The van der Waals surface area contributed by atoms with Crippen molar-refractivity contribution < 1.29 is 18.8 Å². The first kappa shape index (κ1) is 16.9. The van der Waals surface area contributed by atoms with Crippen molar-refractivity contribution in [3.63, 3.8) is 0 Å². The van der Waals surface area contributed by atoms with Gasteiger partial charge in [-0.25, -0.2) is 4.90 Å². The molecule has 0 fully saturated rings. The van der Waals surface area contributed by atoms with Crippen LogP contribution >= 0.6 is 0 Å². The first-order valence-corrected chi connectivity index (χ1v) is 8.99. The molecule has 0 saturated carbocycles. The van der Waals surface area contributed by atoms with Crippen LogP contribution in [0.4, 0.5) is 11.4 Å². The van der Waals surface area contributed by atoms with Crippen molar-refractivity contribution in [3.8, 4) is 0 Å². The van der Waals surface area contributed by atoms with Crippen molar-refractivity contribution in [2.45, 2.75) is 0 Å². The highest BCUT2D eigenvalue weighted by Crippen LogP contribution is 2.30. The summed E-state index contributed by atoms with van der Waals surface area (Å²) in [6.07, 6.45) is 0. The minimum Gasteiger partial charge on any atom is -0.451 e. The highest BCUT2D eigenvalue weighted by atomic mass is 16.3. The molecule has 29 heavy (non-hydrogen) atoms. The second kappa shape index (κ2) is 6.45. The van der Waals surface area contributed by atoms with E-state index in [-0.39, 0.29) is 17.6 Å². The summed E-state index contributed by atoms with van der Waals surface area (Å²) in [7, 11) is 0. The summed E-state index contributed by atoms with van der Waals surface area (Å²) in [5.41, 5.74) is 2.20. The molecule has 0 radical (unpaired) electrons. The van der Waals surface area contributed by atoms with Crippen LogP contribution in [0.1, 0.15) is 31.3 Å². The molecule has 6 nitrogen and oxygen atoms in total. The second-order valence-corrected chi connectivity index (χ2v) is 6.64. The van der Waals surface area contributed by atoms with E-state index in [1.807, 2.05) is 18.2 Å². The number of furan rings is 1. The number of benzene rings is 3. The predicted octanol–water partition coefficient (Wildman–Crippen LogP) is 4.49. The molecule has 0 spiro atoms. The number of nitrogens with zero attached hydrogens (tertiary/aromatic N) is 1. The van der Waals surface area contributed by atoms with E-state index in [0.717, 1.165) is 10.3 Å². The highest BCUT2D eigenvalue weighted by Gasteiger charge is 2.36. The third-order valence-electron chi connectivity index (χ3n) is 4.81. The molecule has 6 heteroatoms. The second-order valence-electron chi connectivity index (χ2n) is 6.64. The smallest absolute Gasteiger partial charge is 0.291 e. The monoisotopic (exact) mass is 382 g/mol. The fourth-order valence-electron chi connectivity index (χ4n) is 3.43. The zero-order chi connectivity index (χ0) is 20.0. The molecule has 5 rings (SSSR count). The Bertz CT molecular complexity index is 1240. The molecular weight excluding hydrogens is 368 g/mol. The minimum atomic E-state index is -0.416. The molecule has 1 aliphatic rings. The van der Waals surface area contributed by atoms with Gasteiger partial charge in [-0.15, -0.1) is 0 Å². The number of nitrogens with one attached hydrogen (secondary N) is 1. The SMILES string of the molecule is O=C(Nc1cccc(N2C(=O)c3ccccc3C2=O)c1)c1cc2ccccc2o1. The lowest BCUT2D eigenvalue weighted by Crippen LogP contribution is -2.29. The average molecular weight is 382 g/mol. The Morgan fingerprint density at radius 3 is 2.21 bits per heavy atom. The molecule has 3 amide bonds. The number of hydrogen-bond acceptors (Lipinski definition) is 4. The maximum atomic E-state index is 12.7. The van der Waals surface area contributed by atoms with E-state index in [1.54, 1.807) is 60.7 Å². The highest BCUT2D eigenvalue weighted by molar-refractivity contribution is 6.34. The lowest BCUT2D eigenvalue weighted by Gasteiger charge is -2.15. The van der Waals surface area contributed by atoms with Crippen LogP contribution in [0.25, 0.3) is 11.0 Å². The normalized spacial score (nSPS) is 13.0. The van der Waals surface area contributed by atoms with Crippen LogP contribution in [0.15, 0.2) is 83.3 Å². The fraction of sp³-hybridized carbons (Fsp3) is 0. The molecule has 1 N–H and O–H groups in total. The van der Waals surface area contributed by atoms with Gasteiger partial charge in [0.05, 0.1) is 16.8 Å². The number of anilines is 2. The average Bonchev–Trinajstić information content (AvgIpc) is 3.28. The number of carbonyl (C=O) groups excluding carboxylic acids is 3. The van der Waals surface area contributed by atoms with Gasteiger partial charge < -0.3 is 9.73 Å². The Morgan fingerprint density at radius 1 is 0.793 bits per heavy atom. The quantitative estimate of drug-likeness (QED) is 0.530. The number of amides is 3. The van der Waals surface area contributed by atoms with Crippen molar-refractivity contribution in [3.05, 3.63) is 95.7 Å². The van der Waals surface area contributed by atoms with Gasteiger partial charge in [-0.3, -0.25) is 14.4 Å². The molecule has 1 aromatic heterocycles. The summed E-state index contributed by atoms with van der Waals surface area (Å²) >= 11 is 0. The molecule has 140 valence electrons. The Balaban J connectivity index is 1.42. The molecule has 2 heterocycles. The first-order valence-electron chi connectivity index (χ1n) is 8.99. The van der Waals surface area contributed by atoms with Crippen LogP contribution in [-0.4, -0.2) is 17.7 Å². The Kier molecular flexibility index (Phi) is 3.77. The van der Waals surface area contributed by atoms with E-state index >= 15 is 0 Å². The van der Waals surface area contributed by atoms with Gasteiger partial charge in [0.2, 0.25) is 0 Å².